The van der Waals surface area contributed by atoms with Crippen molar-refractivity contribution in [3.05, 3.63) is 23.3 Å². The molecule has 2 unspecified atom stereocenters. The predicted molar refractivity (Wildman–Crippen MR) is 141 cm³/mol. The molecule has 1 aromatic carbocycles. The topological polar surface area (TPSA) is 40.5 Å². The van der Waals surface area contributed by atoms with Gasteiger partial charge in [0.2, 0.25) is 0 Å². The van der Waals surface area contributed by atoms with E-state index in [1.807, 2.05) is 12.1 Å². The Morgan fingerprint density at radius 3 is 1.34 bits per heavy atom. The van der Waals surface area contributed by atoms with Crippen molar-refractivity contribution in [1.29, 1.82) is 0 Å². The van der Waals surface area contributed by atoms with Crippen LogP contribution in [0.4, 0.5) is 0 Å². The summed E-state index contributed by atoms with van der Waals surface area (Å²) in [6, 6.07) is 3.81. The van der Waals surface area contributed by atoms with Gasteiger partial charge in [-0.05, 0) is 49.7 Å². The van der Waals surface area contributed by atoms with Gasteiger partial charge < -0.3 is 10.2 Å². The third-order valence-corrected chi connectivity index (χ3v) is 7.27. The minimum absolute atomic E-state index is 0.341. The fraction of sp³-hybridized carbons (Fsp3) is 0.800. The van der Waals surface area contributed by atoms with Gasteiger partial charge in [-0.1, -0.05) is 118 Å². The zero-order valence-corrected chi connectivity index (χ0v) is 21.9. The molecule has 0 spiro atoms. The fourth-order valence-corrected chi connectivity index (χ4v) is 5.10. The number of hydrogen-bond acceptors (Lipinski definition) is 2. The number of rotatable bonds is 20. The highest BCUT2D eigenvalue weighted by atomic mass is 16.3. The van der Waals surface area contributed by atoms with Crippen LogP contribution in [0.3, 0.4) is 0 Å². The van der Waals surface area contributed by atoms with Crippen molar-refractivity contribution in [2.45, 2.75) is 155 Å². The summed E-state index contributed by atoms with van der Waals surface area (Å²) in [6.45, 7) is 8.96. The molecular formula is C30H54O2. The normalized spacial score (nSPS) is 13.4. The molecule has 0 aliphatic carbocycles. The summed E-state index contributed by atoms with van der Waals surface area (Å²) in [6.07, 6.45) is 22.2. The van der Waals surface area contributed by atoms with Crippen molar-refractivity contribution in [2.75, 3.05) is 0 Å². The minimum Gasteiger partial charge on any atom is -0.508 e. The maximum atomic E-state index is 11.0. The minimum atomic E-state index is 0.341. The molecule has 186 valence electrons. The van der Waals surface area contributed by atoms with E-state index in [9.17, 15) is 10.2 Å². The monoisotopic (exact) mass is 446 g/mol. The summed E-state index contributed by atoms with van der Waals surface area (Å²) in [4.78, 5) is 0. The standard InChI is InChI=1S/C30H54O2/c1-5-9-12-14-15-16-19-20-25(8-4)27-23-30(32)28(24-29(27)31)26(21-17-11-7-3)22-18-13-10-6-2/h23-26,31-32H,5-22H2,1-4H3. The first-order chi connectivity index (χ1) is 15.6. The average Bonchev–Trinajstić information content (AvgIpc) is 2.79. The highest BCUT2D eigenvalue weighted by molar-refractivity contribution is 5.48. The predicted octanol–water partition coefficient (Wildman–Crippen LogP) is 10.4. The molecule has 0 amide bonds. The third kappa shape index (κ3) is 11.1. The molecule has 2 heteroatoms. The molecule has 32 heavy (non-hydrogen) atoms. The lowest BCUT2D eigenvalue weighted by molar-refractivity contribution is 0.420. The van der Waals surface area contributed by atoms with Gasteiger partial charge in [-0.2, -0.15) is 0 Å². The molecule has 0 saturated carbocycles. The van der Waals surface area contributed by atoms with E-state index in [-0.39, 0.29) is 0 Å². The fourth-order valence-electron chi connectivity index (χ4n) is 5.10. The molecular weight excluding hydrogens is 392 g/mol. The van der Waals surface area contributed by atoms with Crippen LogP contribution in [-0.2, 0) is 0 Å². The summed E-state index contributed by atoms with van der Waals surface area (Å²) in [5.74, 6) is 1.52. The second kappa shape index (κ2) is 18.3. The largest absolute Gasteiger partial charge is 0.508 e. The molecule has 2 atom stereocenters. The quantitative estimate of drug-likeness (QED) is 0.154. The average molecular weight is 447 g/mol. The molecule has 2 N–H and O–H groups in total. The molecule has 0 bridgehead atoms. The summed E-state index contributed by atoms with van der Waals surface area (Å²) in [5.41, 5.74) is 1.93. The van der Waals surface area contributed by atoms with Crippen LogP contribution in [0.2, 0.25) is 0 Å². The first-order valence-electron chi connectivity index (χ1n) is 14.1. The van der Waals surface area contributed by atoms with E-state index in [0.29, 0.717) is 23.3 Å². The Kier molecular flexibility index (Phi) is 16.5. The lowest BCUT2D eigenvalue weighted by atomic mass is 9.84. The van der Waals surface area contributed by atoms with Crippen molar-refractivity contribution in [3.63, 3.8) is 0 Å². The molecule has 0 aliphatic heterocycles. The zero-order valence-electron chi connectivity index (χ0n) is 21.9. The summed E-state index contributed by atoms with van der Waals surface area (Å²) >= 11 is 0. The molecule has 1 rings (SSSR count). The van der Waals surface area contributed by atoms with Gasteiger partial charge in [0.15, 0.2) is 0 Å². The van der Waals surface area contributed by atoms with Gasteiger partial charge in [0.05, 0.1) is 0 Å². The van der Waals surface area contributed by atoms with E-state index < -0.39 is 0 Å². The van der Waals surface area contributed by atoms with E-state index in [1.165, 1.54) is 89.9 Å². The van der Waals surface area contributed by atoms with Crippen LogP contribution >= 0.6 is 0 Å². The molecule has 0 aromatic heterocycles. The number of benzene rings is 1. The Morgan fingerprint density at radius 2 is 0.844 bits per heavy atom. The molecule has 0 aliphatic rings. The number of phenolic OH excluding ortho intramolecular Hbond substituents is 2. The van der Waals surface area contributed by atoms with Crippen LogP contribution in [0.5, 0.6) is 11.5 Å². The Bertz CT molecular complexity index is 580. The Hall–Kier alpha value is -1.18. The molecule has 0 fully saturated rings. The van der Waals surface area contributed by atoms with Crippen molar-refractivity contribution >= 4 is 0 Å². The first-order valence-corrected chi connectivity index (χ1v) is 14.1. The maximum Gasteiger partial charge on any atom is 0.119 e. The highest BCUT2D eigenvalue weighted by Gasteiger charge is 2.21. The number of aromatic hydroxyl groups is 2. The van der Waals surface area contributed by atoms with E-state index in [4.69, 9.17) is 0 Å². The van der Waals surface area contributed by atoms with Crippen LogP contribution in [0.25, 0.3) is 0 Å². The van der Waals surface area contributed by atoms with E-state index in [2.05, 4.69) is 27.7 Å². The SMILES string of the molecule is CCCCCCCCCC(CC)c1cc(O)c(C(CCCCC)CCCCCC)cc1O. The Balaban J connectivity index is 2.78. The summed E-state index contributed by atoms with van der Waals surface area (Å²) < 4.78 is 0. The second-order valence-corrected chi connectivity index (χ2v) is 10.0. The van der Waals surface area contributed by atoms with Crippen molar-refractivity contribution < 1.29 is 10.2 Å². The van der Waals surface area contributed by atoms with Crippen LogP contribution in [-0.4, -0.2) is 10.2 Å². The van der Waals surface area contributed by atoms with Crippen molar-refractivity contribution in [1.82, 2.24) is 0 Å². The van der Waals surface area contributed by atoms with Gasteiger partial charge in [-0.15, -0.1) is 0 Å². The van der Waals surface area contributed by atoms with Crippen molar-refractivity contribution in [2.24, 2.45) is 0 Å². The van der Waals surface area contributed by atoms with Gasteiger partial charge in [0.1, 0.15) is 11.5 Å². The van der Waals surface area contributed by atoms with Crippen molar-refractivity contribution in [3.8, 4) is 11.5 Å². The Morgan fingerprint density at radius 1 is 0.500 bits per heavy atom. The van der Waals surface area contributed by atoms with Gasteiger partial charge in [-0.25, -0.2) is 0 Å². The number of phenols is 2. The van der Waals surface area contributed by atoms with Gasteiger partial charge >= 0.3 is 0 Å². The molecule has 1 aromatic rings. The van der Waals surface area contributed by atoms with E-state index in [0.717, 1.165) is 36.8 Å². The first kappa shape index (κ1) is 28.9. The number of unbranched alkanes of at least 4 members (excludes halogenated alkanes) is 11. The highest BCUT2D eigenvalue weighted by Crippen LogP contribution is 2.41. The lowest BCUT2D eigenvalue weighted by Crippen LogP contribution is -2.04. The molecule has 0 heterocycles. The molecule has 0 radical (unpaired) electrons. The lowest BCUT2D eigenvalue weighted by Gasteiger charge is -2.22. The van der Waals surface area contributed by atoms with Crippen LogP contribution in [0, 0.1) is 0 Å². The zero-order chi connectivity index (χ0) is 23.6. The molecule has 2 nitrogen and oxygen atoms in total. The maximum absolute atomic E-state index is 11.0. The summed E-state index contributed by atoms with van der Waals surface area (Å²) in [5, 5.41) is 21.9. The van der Waals surface area contributed by atoms with Crippen LogP contribution in [0.15, 0.2) is 12.1 Å². The van der Waals surface area contributed by atoms with Crippen LogP contribution in [0.1, 0.15) is 166 Å². The Labute approximate surface area is 200 Å². The number of hydrogen-bond donors (Lipinski definition) is 2. The molecule has 0 saturated heterocycles. The van der Waals surface area contributed by atoms with E-state index >= 15 is 0 Å². The van der Waals surface area contributed by atoms with Crippen LogP contribution < -0.4 is 0 Å². The van der Waals surface area contributed by atoms with Gasteiger partial charge in [0.25, 0.3) is 0 Å². The van der Waals surface area contributed by atoms with Gasteiger partial charge in [0, 0.05) is 11.1 Å². The van der Waals surface area contributed by atoms with E-state index in [1.54, 1.807) is 0 Å². The van der Waals surface area contributed by atoms with Gasteiger partial charge in [-0.3, -0.25) is 0 Å². The second-order valence-electron chi connectivity index (χ2n) is 10.0. The summed E-state index contributed by atoms with van der Waals surface area (Å²) in [7, 11) is 0. The smallest absolute Gasteiger partial charge is 0.119 e. The third-order valence-electron chi connectivity index (χ3n) is 7.27.